The number of carbonyl (C=O) groups is 1. The average molecular weight is 274 g/mol. The molecule has 0 atom stereocenters. The molecule has 4 nitrogen and oxygen atoms in total. The van der Waals surface area contributed by atoms with Gasteiger partial charge >= 0.3 is 0 Å². The summed E-state index contributed by atoms with van der Waals surface area (Å²) in [7, 11) is 0. The van der Waals surface area contributed by atoms with Crippen LogP contribution in [0.5, 0.6) is 0 Å². The summed E-state index contributed by atoms with van der Waals surface area (Å²) in [5.41, 5.74) is 8.45. The molecule has 0 radical (unpaired) electrons. The molecule has 0 unspecified atom stereocenters. The van der Waals surface area contributed by atoms with Crippen LogP contribution < -0.4 is 11.1 Å². The van der Waals surface area contributed by atoms with Crippen LogP contribution in [0.25, 0.3) is 0 Å². The number of carbonyl (C=O) groups excluding carboxylic acids is 1. The third-order valence-electron chi connectivity index (χ3n) is 2.87. The highest BCUT2D eigenvalue weighted by Crippen LogP contribution is 2.19. The lowest BCUT2D eigenvalue weighted by Gasteiger charge is -2.09. The second-order valence-electron chi connectivity index (χ2n) is 4.24. The van der Waals surface area contributed by atoms with Crippen molar-refractivity contribution in [3.8, 4) is 0 Å². The van der Waals surface area contributed by atoms with Gasteiger partial charge in [0.05, 0.1) is 11.8 Å². The zero-order chi connectivity index (χ0) is 14.0. The smallest absolute Gasteiger partial charge is 0.259 e. The van der Waals surface area contributed by atoms with Gasteiger partial charge in [0, 0.05) is 11.3 Å². The summed E-state index contributed by atoms with van der Waals surface area (Å²) < 4.78 is 5.11. The zero-order valence-corrected chi connectivity index (χ0v) is 11.5. The minimum atomic E-state index is -0.213. The number of nitrogens with two attached hydrogens (primary N) is 1. The van der Waals surface area contributed by atoms with Crippen LogP contribution in [0.3, 0.4) is 0 Å². The maximum atomic E-state index is 12.1. The Labute approximate surface area is 116 Å². The van der Waals surface area contributed by atoms with Crippen molar-refractivity contribution >= 4 is 28.8 Å². The molecule has 0 spiro atoms. The van der Waals surface area contributed by atoms with Gasteiger partial charge in [0.15, 0.2) is 0 Å². The molecular weight excluding hydrogens is 260 g/mol. The molecule has 1 aromatic heterocycles. The summed E-state index contributed by atoms with van der Waals surface area (Å²) in [6.45, 7) is 3.65. The van der Waals surface area contributed by atoms with E-state index in [2.05, 4.69) is 5.32 Å². The second kappa shape index (κ2) is 5.24. The Bertz CT molecular complexity index is 647. The molecule has 0 saturated carbocycles. The Hall–Kier alpha value is -2.14. The van der Waals surface area contributed by atoms with Crippen LogP contribution in [0.15, 0.2) is 34.9 Å². The van der Waals surface area contributed by atoms with E-state index in [1.807, 2.05) is 19.1 Å². The van der Waals surface area contributed by atoms with Crippen molar-refractivity contribution in [3.63, 3.8) is 0 Å². The van der Waals surface area contributed by atoms with Crippen molar-refractivity contribution in [2.24, 2.45) is 5.73 Å². The quantitative estimate of drug-likeness (QED) is 0.844. The van der Waals surface area contributed by atoms with Crippen LogP contribution in [0.1, 0.15) is 27.2 Å². The van der Waals surface area contributed by atoms with Crippen molar-refractivity contribution in [3.05, 3.63) is 53.0 Å². The predicted octanol–water partition coefficient (Wildman–Crippen LogP) is 2.78. The highest BCUT2D eigenvalue weighted by Gasteiger charge is 2.13. The maximum Gasteiger partial charge on any atom is 0.259 e. The minimum Gasteiger partial charge on any atom is -0.469 e. The molecule has 19 heavy (non-hydrogen) atoms. The molecule has 2 rings (SSSR count). The molecule has 3 N–H and O–H groups in total. The van der Waals surface area contributed by atoms with E-state index in [0.717, 1.165) is 11.1 Å². The highest BCUT2D eigenvalue weighted by atomic mass is 32.1. The molecule has 0 aliphatic rings. The van der Waals surface area contributed by atoms with Gasteiger partial charge in [-0.15, -0.1) is 0 Å². The topological polar surface area (TPSA) is 68.3 Å². The van der Waals surface area contributed by atoms with E-state index < -0.39 is 0 Å². The summed E-state index contributed by atoms with van der Waals surface area (Å²) in [4.78, 5) is 12.4. The standard InChI is InChI=1S/C14H14N2O2S/c1-8-3-4-10(13(15)19)7-12(8)16-14(17)11-5-6-18-9(11)2/h3-7H,1-2H3,(H2,15,19)(H,16,17). The number of thiocarbonyl (C=S) groups is 1. The van der Waals surface area contributed by atoms with Gasteiger partial charge in [0.2, 0.25) is 0 Å². The van der Waals surface area contributed by atoms with Crippen molar-refractivity contribution in [1.29, 1.82) is 0 Å². The van der Waals surface area contributed by atoms with E-state index in [1.54, 1.807) is 19.1 Å². The van der Waals surface area contributed by atoms with Crippen LogP contribution >= 0.6 is 12.2 Å². The molecule has 0 aliphatic carbocycles. The minimum absolute atomic E-state index is 0.213. The number of benzene rings is 1. The van der Waals surface area contributed by atoms with Gasteiger partial charge < -0.3 is 15.5 Å². The summed E-state index contributed by atoms with van der Waals surface area (Å²) in [5.74, 6) is 0.370. The Morgan fingerprint density at radius 3 is 2.63 bits per heavy atom. The molecule has 5 heteroatoms. The number of hydrogen-bond acceptors (Lipinski definition) is 3. The van der Waals surface area contributed by atoms with E-state index >= 15 is 0 Å². The molecule has 0 aliphatic heterocycles. The molecule has 2 aromatic rings. The SMILES string of the molecule is Cc1ccc(C(N)=S)cc1NC(=O)c1ccoc1C. The van der Waals surface area contributed by atoms with Crippen molar-refractivity contribution in [2.75, 3.05) is 5.32 Å². The zero-order valence-electron chi connectivity index (χ0n) is 10.7. The molecule has 98 valence electrons. The molecule has 0 fully saturated rings. The third-order valence-corrected chi connectivity index (χ3v) is 3.11. The van der Waals surface area contributed by atoms with Gasteiger partial charge in [-0.05, 0) is 31.5 Å². The Morgan fingerprint density at radius 2 is 2.05 bits per heavy atom. The molecule has 0 saturated heterocycles. The van der Waals surface area contributed by atoms with Gasteiger partial charge in [-0.25, -0.2) is 0 Å². The summed E-state index contributed by atoms with van der Waals surface area (Å²) in [5, 5.41) is 2.83. The molecular formula is C14H14N2O2S. The van der Waals surface area contributed by atoms with E-state index in [-0.39, 0.29) is 5.91 Å². The van der Waals surface area contributed by atoms with E-state index in [0.29, 0.717) is 22.0 Å². The number of nitrogens with one attached hydrogen (secondary N) is 1. The van der Waals surface area contributed by atoms with Gasteiger partial charge in [-0.3, -0.25) is 4.79 Å². The fourth-order valence-corrected chi connectivity index (χ4v) is 1.85. The fraction of sp³-hybridized carbons (Fsp3) is 0.143. The van der Waals surface area contributed by atoms with Crippen molar-refractivity contribution in [1.82, 2.24) is 0 Å². The first kappa shape index (κ1) is 13.3. The maximum absolute atomic E-state index is 12.1. The first-order chi connectivity index (χ1) is 8.99. The molecule has 0 bridgehead atoms. The molecule has 1 heterocycles. The van der Waals surface area contributed by atoms with Crippen molar-refractivity contribution < 1.29 is 9.21 Å². The van der Waals surface area contributed by atoms with Crippen LogP contribution in [0.2, 0.25) is 0 Å². The van der Waals surface area contributed by atoms with Gasteiger partial charge in [0.1, 0.15) is 10.7 Å². The first-order valence-electron chi connectivity index (χ1n) is 5.75. The molecule has 1 amide bonds. The normalized spacial score (nSPS) is 10.2. The lowest BCUT2D eigenvalue weighted by atomic mass is 10.1. The number of amides is 1. The lowest BCUT2D eigenvalue weighted by Crippen LogP contribution is -2.15. The highest BCUT2D eigenvalue weighted by molar-refractivity contribution is 7.80. The van der Waals surface area contributed by atoms with Crippen LogP contribution in [0.4, 0.5) is 5.69 Å². The monoisotopic (exact) mass is 274 g/mol. The number of rotatable bonds is 3. The summed E-state index contributed by atoms with van der Waals surface area (Å²) in [6.07, 6.45) is 1.49. The van der Waals surface area contributed by atoms with Gasteiger partial charge in [0.25, 0.3) is 5.91 Å². The fourth-order valence-electron chi connectivity index (χ4n) is 1.72. The largest absolute Gasteiger partial charge is 0.469 e. The van der Waals surface area contributed by atoms with Gasteiger partial charge in [-0.2, -0.15) is 0 Å². The Morgan fingerprint density at radius 1 is 1.32 bits per heavy atom. The first-order valence-corrected chi connectivity index (χ1v) is 6.16. The van der Waals surface area contributed by atoms with E-state index in [1.165, 1.54) is 6.26 Å². The molecule has 1 aromatic carbocycles. The Kier molecular flexibility index (Phi) is 3.66. The summed E-state index contributed by atoms with van der Waals surface area (Å²) in [6, 6.07) is 7.10. The third kappa shape index (κ3) is 2.82. The number of furan rings is 1. The van der Waals surface area contributed by atoms with Crippen LogP contribution in [0, 0.1) is 13.8 Å². The predicted molar refractivity (Wildman–Crippen MR) is 78.5 cm³/mol. The van der Waals surface area contributed by atoms with Crippen molar-refractivity contribution in [2.45, 2.75) is 13.8 Å². The number of hydrogen-bond donors (Lipinski definition) is 2. The van der Waals surface area contributed by atoms with Gasteiger partial charge in [-0.1, -0.05) is 24.4 Å². The lowest BCUT2D eigenvalue weighted by molar-refractivity contribution is 0.102. The second-order valence-corrected chi connectivity index (χ2v) is 4.68. The van der Waals surface area contributed by atoms with Crippen LogP contribution in [-0.2, 0) is 0 Å². The average Bonchev–Trinajstić information content (AvgIpc) is 2.78. The Balaban J connectivity index is 2.28. The van der Waals surface area contributed by atoms with E-state index in [4.69, 9.17) is 22.4 Å². The summed E-state index contributed by atoms with van der Waals surface area (Å²) >= 11 is 4.93. The number of aryl methyl sites for hydroxylation is 2. The number of anilines is 1. The van der Waals surface area contributed by atoms with Crippen LogP contribution in [-0.4, -0.2) is 10.9 Å². The van der Waals surface area contributed by atoms with E-state index in [9.17, 15) is 4.79 Å².